The van der Waals surface area contributed by atoms with Crippen LogP contribution in [0.2, 0.25) is 0 Å². The molecule has 0 aliphatic carbocycles. The van der Waals surface area contributed by atoms with E-state index in [0.29, 0.717) is 22.8 Å². The second-order valence-electron chi connectivity index (χ2n) is 8.46. The van der Waals surface area contributed by atoms with Gasteiger partial charge in [0.05, 0.1) is 12.5 Å². The standard InChI is InChI=1S/C31H26FNO5/c32-25-12-16-27(17-13-25)38-28-8-4-7-23(19-28)21-37-26-14-10-24(11-15-26)29(20-31(35)36)33-30(34)18-9-22-5-2-1-3-6-22/h1-19,29H,20-21H2,(H,33,34)(H,35,36)/t29-/m0/s1. The van der Waals surface area contributed by atoms with Crippen LogP contribution in [-0.2, 0) is 16.2 Å². The highest BCUT2D eigenvalue weighted by Crippen LogP contribution is 2.24. The van der Waals surface area contributed by atoms with Crippen molar-refractivity contribution in [3.63, 3.8) is 0 Å². The Labute approximate surface area is 220 Å². The van der Waals surface area contributed by atoms with Gasteiger partial charge in [-0.2, -0.15) is 0 Å². The van der Waals surface area contributed by atoms with Crippen LogP contribution in [0.15, 0.2) is 109 Å². The summed E-state index contributed by atoms with van der Waals surface area (Å²) >= 11 is 0. The van der Waals surface area contributed by atoms with Gasteiger partial charge in [0.1, 0.15) is 29.7 Å². The van der Waals surface area contributed by atoms with Crippen molar-refractivity contribution < 1.29 is 28.6 Å². The highest BCUT2D eigenvalue weighted by atomic mass is 19.1. The Bertz CT molecular complexity index is 1390. The van der Waals surface area contributed by atoms with Crippen LogP contribution >= 0.6 is 0 Å². The summed E-state index contributed by atoms with van der Waals surface area (Å²) in [5.41, 5.74) is 2.39. The molecule has 4 aromatic rings. The molecule has 192 valence electrons. The number of benzene rings is 4. The smallest absolute Gasteiger partial charge is 0.305 e. The Morgan fingerprint density at radius 1 is 0.842 bits per heavy atom. The van der Waals surface area contributed by atoms with Crippen molar-refractivity contribution in [2.75, 3.05) is 0 Å². The molecule has 0 aromatic heterocycles. The molecule has 0 fully saturated rings. The number of hydrogen-bond acceptors (Lipinski definition) is 4. The lowest BCUT2D eigenvalue weighted by atomic mass is 10.0. The number of carboxylic acid groups (broad SMARTS) is 1. The van der Waals surface area contributed by atoms with Crippen LogP contribution < -0.4 is 14.8 Å². The van der Waals surface area contributed by atoms with Gasteiger partial charge in [0.15, 0.2) is 0 Å². The monoisotopic (exact) mass is 511 g/mol. The lowest BCUT2D eigenvalue weighted by Crippen LogP contribution is -2.28. The number of carbonyl (C=O) groups is 2. The zero-order valence-electron chi connectivity index (χ0n) is 20.4. The summed E-state index contributed by atoms with van der Waals surface area (Å²) in [7, 11) is 0. The quantitative estimate of drug-likeness (QED) is 0.223. The summed E-state index contributed by atoms with van der Waals surface area (Å²) < 4.78 is 24.7. The molecule has 4 aromatic carbocycles. The minimum atomic E-state index is -1.02. The summed E-state index contributed by atoms with van der Waals surface area (Å²) in [6.07, 6.45) is 2.80. The summed E-state index contributed by atoms with van der Waals surface area (Å²) in [6, 6.07) is 28.7. The maximum absolute atomic E-state index is 13.1. The molecular weight excluding hydrogens is 485 g/mol. The predicted octanol–water partition coefficient (Wildman–Crippen LogP) is 6.54. The number of carboxylic acids is 1. The van der Waals surface area contributed by atoms with Gasteiger partial charge in [-0.05, 0) is 71.3 Å². The molecule has 0 saturated heterocycles. The van der Waals surface area contributed by atoms with Crippen molar-refractivity contribution in [3.05, 3.63) is 132 Å². The fraction of sp³-hybridized carbons (Fsp3) is 0.0968. The fourth-order valence-corrected chi connectivity index (χ4v) is 3.68. The van der Waals surface area contributed by atoms with Gasteiger partial charge in [0.25, 0.3) is 0 Å². The number of nitrogens with one attached hydrogen (secondary N) is 1. The summed E-state index contributed by atoms with van der Waals surface area (Å²) in [5.74, 6) is -0.0288. The van der Waals surface area contributed by atoms with E-state index < -0.39 is 12.0 Å². The zero-order chi connectivity index (χ0) is 26.7. The van der Waals surface area contributed by atoms with Crippen LogP contribution in [0.5, 0.6) is 17.2 Å². The van der Waals surface area contributed by atoms with Gasteiger partial charge in [-0.1, -0.05) is 54.6 Å². The first-order valence-corrected chi connectivity index (χ1v) is 12.0. The number of halogens is 1. The van der Waals surface area contributed by atoms with Crippen molar-refractivity contribution in [2.45, 2.75) is 19.1 Å². The van der Waals surface area contributed by atoms with Gasteiger partial charge in [-0.15, -0.1) is 0 Å². The van der Waals surface area contributed by atoms with Crippen molar-refractivity contribution in [2.24, 2.45) is 0 Å². The topological polar surface area (TPSA) is 84.9 Å². The van der Waals surface area contributed by atoms with Gasteiger partial charge in [0, 0.05) is 6.08 Å². The average molecular weight is 512 g/mol. The van der Waals surface area contributed by atoms with E-state index in [1.807, 2.05) is 48.5 Å². The lowest BCUT2D eigenvalue weighted by molar-refractivity contribution is -0.137. The molecule has 0 bridgehead atoms. The van der Waals surface area contributed by atoms with Gasteiger partial charge < -0.3 is 19.9 Å². The van der Waals surface area contributed by atoms with Crippen molar-refractivity contribution in [1.29, 1.82) is 0 Å². The normalized spacial score (nSPS) is 11.6. The van der Waals surface area contributed by atoms with Crippen molar-refractivity contribution in [1.82, 2.24) is 5.32 Å². The Balaban J connectivity index is 1.35. The molecule has 0 aliphatic rings. The highest BCUT2D eigenvalue weighted by Gasteiger charge is 2.17. The third-order valence-electron chi connectivity index (χ3n) is 5.56. The molecule has 7 heteroatoms. The Morgan fingerprint density at radius 3 is 2.26 bits per heavy atom. The van der Waals surface area contributed by atoms with Gasteiger partial charge in [-0.25, -0.2) is 4.39 Å². The molecule has 2 N–H and O–H groups in total. The van der Waals surface area contributed by atoms with Crippen LogP contribution in [-0.4, -0.2) is 17.0 Å². The third kappa shape index (κ3) is 8.06. The van der Waals surface area contributed by atoms with Crippen molar-refractivity contribution >= 4 is 18.0 Å². The number of aliphatic carboxylic acids is 1. The molecule has 4 rings (SSSR count). The van der Waals surface area contributed by atoms with E-state index in [1.165, 1.54) is 18.2 Å². The largest absolute Gasteiger partial charge is 0.489 e. The first kappa shape index (κ1) is 26.2. The minimum Gasteiger partial charge on any atom is -0.489 e. The van der Waals surface area contributed by atoms with Crippen molar-refractivity contribution in [3.8, 4) is 17.2 Å². The molecule has 0 unspecified atom stereocenters. The molecule has 0 spiro atoms. The molecule has 38 heavy (non-hydrogen) atoms. The van der Waals surface area contributed by atoms with Crippen LogP contribution in [0.1, 0.15) is 29.2 Å². The second-order valence-corrected chi connectivity index (χ2v) is 8.46. The van der Waals surface area contributed by atoms with Crippen LogP contribution in [0.4, 0.5) is 4.39 Å². The Hall–Kier alpha value is -4.91. The molecule has 1 atom stereocenters. The van der Waals surface area contributed by atoms with E-state index in [9.17, 15) is 19.1 Å². The molecule has 0 saturated carbocycles. The highest BCUT2D eigenvalue weighted by molar-refractivity contribution is 5.92. The Morgan fingerprint density at radius 2 is 1.55 bits per heavy atom. The summed E-state index contributed by atoms with van der Waals surface area (Å²) in [5, 5.41) is 12.1. The SMILES string of the molecule is O=C(O)C[C@H](NC(=O)C=Cc1ccccc1)c1ccc(OCc2cccc(Oc3ccc(F)cc3)c2)cc1. The van der Waals surface area contributed by atoms with E-state index >= 15 is 0 Å². The van der Waals surface area contributed by atoms with Gasteiger partial charge in [-0.3, -0.25) is 9.59 Å². The Kier molecular flexibility index (Phi) is 8.86. The van der Waals surface area contributed by atoms with Gasteiger partial charge >= 0.3 is 5.97 Å². The van der Waals surface area contributed by atoms with Crippen LogP contribution in [0.25, 0.3) is 6.08 Å². The predicted molar refractivity (Wildman–Crippen MR) is 142 cm³/mol. The maximum Gasteiger partial charge on any atom is 0.305 e. The third-order valence-corrected chi connectivity index (χ3v) is 5.56. The van der Waals surface area contributed by atoms with E-state index in [4.69, 9.17) is 9.47 Å². The number of hydrogen-bond donors (Lipinski definition) is 2. The van der Waals surface area contributed by atoms with Crippen LogP contribution in [0.3, 0.4) is 0 Å². The van der Waals surface area contributed by atoms with Gasteiger partial charge in [0.2, 0.25) is 5.91 Å². The maximum atomic E-state index is 13.1. The summed E-state index contributed by atoms with van der Waals surface area (Å²) in [6.45, 7) is 0.277. The number of amides is 1. The number of rotatable bonds is 11. The zero-order valence-corrected chi connectivity index (χ0v) is 20.4. The second kappa shape index (κ2) is 12.9. The van der Waals surface area contributed by atoms with E-state index in [-0.39, 0.29) is 24.8 Å². The van der Waals surface area contributed by atoms with E-state index in [1.54, 1.807) is 48.5 Å². The number of carbonyl (C=O) groups excluding carboxylic acids is 1. The first-order chi connectivity index (χ1) is 18.4. The molecule has 0 aliphatic heterocycles. The van der Waals surface area contributed by atoms with Crippen LogP contribution in [0, 0.1) is 5.82 Å². The molecule has 1 amide bonds. The fourth-order valence-electron chi connectivity index (χ4n) is 3.68. The van der Waals surface area contributed by atoms with E-state index in [2.05, 4.69) is 5.32 Å². The minimum absolute atomic E-state index is 0.258. The summed E-state index contributed by atoms with van der Waals surface area (Å²) in [4.78, 5) is 23.8. The van der Waals surface area contributed by atoms with E-state index in [0.717, 1.165) is 11.1 Å². The molecular formula is C31H26FNO5. The molecule has 0 heterocycles. The lowest BCUT2D eigenvalue weighted by Gasteiger charge is -2.17. The molecule has 6 nitrogen and oxygen atoms in total. The first-order valence-electron chi connectivity index (χ1n) is 12.0. The average Bonchev–Trinajstić information content (AvgIpc) is 2.92. The molecule has 0 radical (unpaired) electrons. The number of ether oxygens (including phenoxy) is 2.